The Morgan fingerprint density at radius 3 is 2.24 bits per heavy atom. The Hall–Kier alpha value is -3.43. The fraction of sp³-hybridized carbons (Fsp3) is 0.214. The van der Waals surface area contributed by atoms with E-state index in [1.54, 1.807) is 33.1 Å². The average Bonchev–Trinajstić information content (AvgIpc) is 2.91. The molecule has 1 amide bonds. The van der Waals surface area contributed by atoms with Crippen LogP contribution in [0.4, 0.5) is 5.69 Å². The SMILES string of the molecule is COc1cc([C@H]2N=C(SCc3ccc(Br)cc3)NC(C)=C2C(=O)Nc2ccccc2)cc(OC)c1OC. The summed E-state index contributed by atoms with van der Waals surface area (Å²) >= 11 is 5.05. The largest absolute Gasteiger partial charge is 0.493 e. The molecule has 0 saturated carbocycles. The summed E-state index contributed by atoms with van der Waals surface area (Å²) in [5.74, 6) is 1.95. The quantitative estimate of drug-likeness (QED) is 0.324. The van der Waals surface area contributed by atoms with Crippen LogP contribution in [0.1, 0.15) is 24.1 Å². The van der Waals surface area contributed by atoms with Crippen molar-refractivity contribution < 1.29 is 19.0 Å². The summed E-state index contributed by atoms with van der Waals surface area (Å²) < 4.78 is 17.7. The van der Waals surface area contributed by atoms with Crippen molar-refractivity contribution in [2.75, 3.05) is 26.6 Å². The third-order valence-electron chi connectivity index (χ3n) is 5.79. The summed E-state index contributed by atoms with van der Waals surface area (Å²) in [5.41, 5.74) is 3.84. The van der Waals surface area contributed by atoms with Crippen LogP contribution in [0.3, 0.4) is 0 Å². The van der Waals surface area contributed by atoms with Gasteiger partial charge in [0.05, 0.1) is 26.9 Å². The molecule has 0 bridgehead atoms. The van der Waals surface area contributed by atoms with Gasteiger partial charge < -0.3 is 24.8 Å². The van der Waals surface area contributed by atoms with E-state index in [1.165, 1.54) is 0 Å². The van der Waals surface area contributed by atoms with E-state index < -0.39 is 6.04 Å². The van der Waals surface area contributed by atoms with E-state index in [1.807, 2.05) is 61.5 Å². The minimum Gasteiger partial charge on any atom is -0.493 e. The highest BCUT2D eigenvalue weighted by Crippen LogP contribution is 2.43. The summed E-state index contributed by atoms with van der Waals surface area (Å²) in [5, 5.41) is 7.04. The zero-order chi connectivity index (χ0) is 26.4. The number of halogens is 1. The van der Waals surface area contributed by atoms with Crippen LogP contribution in [0, 0.1) is 0 Å². The van der Waals surface area contributed by atoms with Gasteiger partial charge in [0, 0.05) is 21.6 Å². The van der Waals surface area contributed by atoms with Gasteiger partial charge in [0.2, 0.25) is 5.75 Å². The first kappa shape index (κ1) is 26.6. The molecule has 9 heteroatoms. The number of rotatable bonds is 8. The van der Waals surface area contributed by atoms with Crippen LogP contribution in [-0.4, -0.2) is 32.4 Å². The lowest BCUT2D eigenvalue weighted by Gasteiger charge is -2.27. The van der Waals surface area contributed by atoms with Gasteiger partial charge in [-0.3, -0.25) is 4.79 Å². The number of nitrogens with zero attached hydrogens (tertiary/aromatic N) is 1. The highest BCUT2D eigenvalue weighted by atomic mass is 79.9. The molecule has 2 N–H and O–H groups in total. The zero-order valence-corrected chi connectivity index (χ0v) is 23.4. The van der Waals surface area contributed by atoms with Crippen LogP contribution in [-0.2, 0) is 10.5 Å². The summed E-state index contributed by atoms with van der Waals surface area (Å²) in [6.45, 7) is 1.89. The molecular weight excluding hydrogens is 554 g/mol. The van der Waals surface area contributed by atoms with Crippen molar-refractivity contribution in [3.05, 3.63) is 93.6 Å². The normalized spacial score (nSPS) is 14.9. The number of ether oxygens (including phenoxy) is 3. The Labute approximate surface area is 229 Å². The maximum absolute atomic E-state index is 13.5. The molecule has 7 nitrogen and oxygen atoms in total. The fourth-order valence-corrected chi connectivity index (χ4v) is 5.13. The summed E-state index contributed by atoms with van der Waals surface area (Å²) in [4.78, 5) is 18.5. The Balaban J connectivity index is 1.72. The van der Waals surface area contributed by atoms with Crippen molar-refractivity contribution in [1.29, 1.82) is 0 Å². The van der Waals surface area contributed by atoms with Gasteiger partial charge in [-0.15, -0.1) is 0 Å². The second kappa shape index (κ2) is 12.2. The number of carbonyl (C=O) groups is 1. The van der Waals surface area contributed by atoms with Crippen LogP contribution in [0.2, 0.25) is 0 Å². The van der Waals surface area contributed by atoms with Gasteiger partial charge in [-0.05, 0) is 54.4 Å². The van der Waals surface area contributed by atoms with Crippen molar-refractivity contribution in [2.45, 2.75) is 18.7 Å². The molecule has 0 aliphatic carbocycles. The van der Waals surface area contributed by atoms with Crippen LogP contribution in [0.25, 0.3) is 0 Å². The smallest absolute Gasteiger partial charge is 0.255 e. The highest BCUT2D eigenvalue weighted by Gasteiger charge is 2.31. The number of amidine groups is 1. The Morgan fingerprint density at radius 1 is 1.00 bits per heavy atom. The van der Waals surface area contributed by atoms with Crippen molar-refractivity contribution in [3.63, 3.8) is 0 Å². The molecule has 1 aliphatic heterocycles. The molecular formula is C28H28BrN3O4S. The molecule has 0 spiro atoms. The van der Waals surface area contributed by atoms with E-state index in [2.05, 4.69) is 38.7 Å². The Kier molecular flexibility index (Phi) is 8.78. The standard InChI is InChI=1S/C28H28BrN3O4S/c1-17-24(27(33)31-21-8-6-5-7-9-21)25(19-14-22(34-2)26(36-4)23(15-19)35-3)32-28(30-17)37-16-18-10-12-20(29)13-11-18/h5-15,25H,16H2,1-4H3,(H,30,32)(H,31,33)/t25-/m1/s1. The first-order valence-corrected chi connectivity index (χ1v) is 13.3. The van der Waals surface area contributed by atoms with E-state index in [4.69, 9.17) is 19.2 Å². The molecule has 0 saturated heterocycles. The predicted molar refractivity (Wildman–Crippen MR) is 153 cm³/mol. The lowest BCUT2D eigenvalue weighted by molar-refractivity contribution is -0.113. The van der Waals surface area contributed by atoms with Crippen LogP contribution >= 0.6 is 27.7 Å². The molecule has 3 aromatic rings. The van der Waals surface area contributed by atoms with Crippen LogP contribution < -0.4 is 24.8 Å². The summed E-state index contributed by atoms with van der Waals surface area (Å²) in [6.07, 6.45) is 0. The summed E-state index contributed by atoms with van der Waals surface area (Å²) in [6, 6.07) is 20.6. The molecule has 0 aromatic heterocycles. The number of allylic oxidation sites excluding steroid dienone is 1. The minimum absolute atomic E-state index is 0.240. The monoisotopic (exact) mass is 581 g/mol. The van der Waals surface area contributed by atoms with Crippen LogP contribution in [0.5, 0.6) is 17.2 Å². The number of benzene rings is 3. The highest BCUT2D eigenvalue weighted by molar-refractivity contribution is 9.10. The molecule has 192 valence electrons. The molecule has 0 unspecified atom stereocenters. The van der Waals surface area contributed by atoms with Crippen molar-refractivity contribution in [2.24, 2.45) is 4.99 Å². The number of thioether (sulfide) groups is 1. The molecule has 3 aromatic carbocycles. The minimum atomic E-state index is -0.592. The predicted octanol–water partition coefficient (Wildman–Crippen LogP) is 6.32. The maximum Gasteiger partial charge on any atom is 0.255 e. The maximum atomic E-state index is 13.5. The van der Waals surface area contributed by atoms with E-state index >= 15 is 0 Å². The van der Waals surface area contributed by atoms with Crippen molar-refractivity contribution >= 4 is 44.5 Å². The first-order valence-electron chi connectivity index (χ1n) is 11.5. The molecule has 37 heavy (non-hydrogen) atoms. The van der Waals surface area contributed by atoms with Crippen molar-refractivity contribution in [1.82, 2.24) is 5.32 Å². The number of aliphatic imine (C=N–C) groups is 1. The van der Waals surface area contributed by atoms with Gasteiger partial charge in [0.25, 0.3) is 5.91 Å². The Morgan fingerprint density at radius 2 is 1.65 bits per heavy atom. The third kappa shape index (κ3) is 6.29. The molecule has 1 aliphatic rings. The zero-order valence-electron chi connectivity index (χ0n) is 21.0. The topological polar surface area (TPSA) is 81.2 Å². The lowest BCUT2D eigenvalue weighted by Crippen LogP contribution is -2.32. The van der Waals surface area contributed by atoms with E-state index in [0.717, 1.165) is 32.2 Å². The average molecular weight is 583 g/mol. The van der Waals surface area contributed by atoms with Gasteiger partial charge in [0.15, 0.2) is 16.7 Å². The lowest BCUT2D eigenvalue weighted by atomic mass is 9.95. The van der Waals surface area contributed by atoms with Gasteiger partial charge in [-0.1, -0.05) is 58.0 Å². The third-order valence-corrected chi connectivity index (χ3v) is 7.27. The summed E-state index contributed by atoms with van der Waals surface area (Å²) in [7, 11) is 4.69. The number of methoxy groups -OCH3 is 3. The molecule has 0 fully saturated rings. The number of nitrogens with one attached hydrogen (secondary N) is 2. The number of para-hydroxylation sites is 1. The van der Waals surface area contributed by atoms with E-state index in [0.29, 0.717) is 28.5 Å². The van der Waals surface area contributed by atoms with Crippen LogP contribution in [0.15, 0.2) is 87.5 Å². The number of amides is 1. The number of anilines is 1. The van der Waals surface area contributed by atoms with Gasteiger partial charge in [-0.25, -0.2) is 4.99 Å². The van der Waals surface area contributed by atoms with Gasteiger partial charge in [0.1, 0.15) is 6.04 Å². The fourth-order valence-electron chi connectivity index (χ4n) is 3.97. The molecule has 1 atom stereocenters. The number of hydrogen-bond acceptors (Lipinski definition) is 7. The van der Waals surface area contributed by atoms with Crippen molar-refractivity contribution in [3.8, 4) is 17.2 Å². The number of hydrogen-bond donors (Lipinski definition) is 2. The van der Waals surface area contributed by atoms with E-state index in [9.17, 15) is 4.79 Å². The molecule has 0 radical (unpaired) electrons. The molecule has 1 heterocycles. The molecule has 4 rings (SSSR count). The van der Waals surface area contributed by atoms with Gasteiger partial charge >= 0.3 is 0 Å². The van der Waals surface area contributed by atoms with E-state index in [-0.39, 0.29) is 5.91 Å². The first-order chi connectivity index (χ1) is 17.9. The number of carbonyl (C=O) groups excluding carboxylic acids is 1. The Bertz CT molecular complexity index is 1300. The van der Waals surface area contributed by atoms with Gasteiger partial charge in [-0.2, -0.15) is 0 Å². The second-order valence-corrected chi connectivity index (χ2v) is 10.1. The second-order valence-electron chi connectivity index (χ2n) is 8.19.